The van der Waals surface area contributed by atoms with Crippen LogP contribution in [0.25, 0.3) is 111 Å². The average Bonchev–Trinajstić information content (AvgIpc) is 3.69. The summed E-state index contributed by atoms with van der Waals surface area (Å²) in [7, 11) is 0. The van der Waals surface area contributed by atoms with Crippen molar-refractivity contribution in [2.75, 3.05) is 0 Å². The van der Waals surface area contributed by atoms with E-state index in [-0.39, 0.29) is 0 Å². The van der Waals surface area contributed by atoms with E-state index in [2.05, 4.69) is 146 Å². The lowest BCUT2D eigenvalue weighted by Crippen LogP contribution is -2.00. The molecule has 57 heavy (non-hydrogen) atoms. The van der Waals surface area contributed by atoms with Gasteiger partial charge in [0.25, 0.3) is 0 Å². The third kappa shape index (κ3) is 5.81. The summed E-state index contributed by atoms with van der Waals surface area (Å²) in [5.41, 5.74) is 11.6. The molecule has 3 aromatic heterocycles. The fourth-order valence-corrected chi connectivity index (χ4v) is 7.92. The Bertz CT molecular complexity index is 3280. The van der Waals surface area contributed by atoms with Crippen molar-refractivity contribution in [1.82, 2.24) is 19.9 Å². The van der Waals surface area contributed by atoms with Crippen molar-refractivity contribution in [2.45, 2.75) is 0 Å². The van der Waals surface area contributed by atoms with Gasteiger partial charge in [0, 0.05) is 38.4 Å². The largest absolute Gasteiger partial charge is 0.454 e. The van der Waals surface area contributed by atoms with Gasteiger partial charge in [-0.1, -0.05) is 170 Å². The first kappa shape index (κ1) is 32.7. The molecule has 5 heteroatoms. The van der Waals surface area contributed by atoms with Gasteiger partial charge in [-0.2, -0.15) is 0 Å². The molecule has 266 valence electrons. The van der Waals surface area contributed by atoms with Crippen LogP contribution in [-0.4, -0.2) is 19.9 Å². The first-order valence-corrected chi connectivity index (χ1v) is 19.0. The summed E-state index contributed by atoms with van der Waals surface area (Å²) in [6.07, 6.45) is 0. The molecule has 0 atom stereocenters. The molecule has 0 saturated carbocycles. The Morgan fingerprint density at radius 2 is 0.825 bits per heavy atom. The van der Waals surface area contributed by atoms with E-state index in [9.17, 15) is 0 Å². The summed E-state index contributed by atoms with van der Waals surface area (Å²) in [4.78, 5) is 20.3. The Labute approximate surface area is 328 Å². The molecule has 0 saturated heterocycles. The molecule has 0 aliphatic carbocycles. The molecule has 11 rings (SSSR count). The number of benzene rings is 8. The predicted octanol–water partition coefficient (Wildman–Crippen LogP) is 13.5. The van der Waals surface area contributed by atoms with Crippen LogP contribution in [-0.2, 0) is 0 Å². The summed E-state index contributed by atoms with van der Waals surface area (Å²) < 4.78 is 6.64. The Balaban J connectivity index is 0.998. The molecule has 0 radical (unpaired) electrons. The second kappa shape index (κ2) is 13.5. The van der Waals surface area contributed by atoms with Gasteiger partial charge in [0.05, 0.1) is 5.52 Å². The first-order valence-electron chi connectivity index (χ1n) is 19.0. The Morgan fingerprint density at radius 1 is 0.316 bits per heavy atom. The molecule has 11 aromatic rings. The highest BCUT2D eigenvalue weighted by Gasteiger charge is 2.20. The topological polar surface area (TPSA) is 64.7 Å². The number of fused-ring (bicyclic) bond motifs is 7. The van der Waals surface area contributed by atoms with Crippen LogP contribution in [0, 0.1) is 0 Å². The summed E-state index contributed by atoms with van der Waals surface area (Å²) in [6, 6.07) is 66.8. The van der Waals surface area contributed by atoms with Crippen molar-refractivity contribution in [3.63, 3.8) is 0 Å². The number of hydrogen-bond acceptors (Lipinski definition) is 5. The standard InChI is InChI=1S/C52H32N4O/c1-3-13-33(14-4-1)39-19-12-21-41(32-39)52-55-50(36-16-5-2-6-17-36)54-51(56-52)37-27-25-34(26-28-37)38-18-11-20-40(31-38)48-49-47(43-23-9-10-24-45(43)57-49)46-42-22-8-7-15-35(42)29-30-44(46)53-48/h1-32H. The van der Waals surface area contributed by atoms with Gasteiger partial charge in [0.15, 0.2) is 23.1 Å². The number of furan rings is 1. The van der Waals surface area contributed by atoms with Gasteiger partial charge in [-0.3, -0.25) is 0 Å². The smallest absolute Gasteiger partial charge is 0.164 e. The third-order valence-corrected chi connectivity index (χ3v) is 10.7. The molecule has 0 bridgehead atoms. The van der Waals surface area contributed by atoms with Crippen molar-refractivity contribution in [3.05, 3.63) is 194 Å². The number of aromatic nitrogens is 4. The van der Waals surface area contributed by atoms with Crippen molar-refractivity contribution < 1.29 is 4.42 Å². The minimum Gasteiger partial charge on any atom is -0.454 e. The molecule has 0 aliphatic heterocycles. The molecule has 0 unspecified atom stereocenters. The SMILES string of the molecule is c1ccc(-c2cccc(-c3nc(-c4ccccc4)nc(-c4ccc(-c5cccc(-c6nc7ccc8ccccc8c7c7c6oc6ccccc67)c5)cc4)n3)c2)cc1. The van der Waals surface area contributed by atoms with E-state index in [0.717, 1.165) is 83.0 Å². The van der Waals surface area contributed by atoms with Crippen LogP contribution < -0.4 is 0 Å². The first-order chi connectivity index (χ1) is 28.2. The Hall–Kier alpha value is -7.76. The number of para-hydroxylation sites is 1. The van der Waals surface area contributed by atoms with E-state index in [4.69, 9.17) is 24.4 Å². The second-order valence-electron chi connectivity index (χ2n) is 14.2. The molecular weight excluding hydrogens is 697 g/mol. The zero-order valence-electron chi connectivity index (χ0n) is 30.7. The van der Waals surface area contributed by atoms with Crippen LogP contribution in [0.15, 0.2) is 199 Å². The van der Waals surface area contributed by atoms with Crippen LogP contribution >= 0.6 is 0 Å². The van der Waals surface area contributed by atoms with Gasteiger partial charge in [0.1, 0.15) is 11.3 Å². The minimum atomic E-state index is 0.615. The number of rotatable bonds is 6. The van der Waals surface area contributed by atoms with Crippen molar-refractivity contribution >= 4 is 43.6 Å². The predicted molar refractivity (Wildman–Crippen MR) is 233 cm³/mol. The van der Waals surface area contributed by atoms with Gasteiger partial charge in [-0.05, 0) is 57.3 Å². The van der Waals surface area contributed by atoms with Gasteiger partial charge < -0.3 is 4.42 Å². The van der Waals surface area contributed by atoms with E-state index in [1.807, 2.05) is 48.5 Å². The summed E-state index contributed by atoms with van der Waals surface area (Å²) in [5, 5.41) is 5.64. The lowest BCUT2D eigenvalue weighted by molar-refractivity contribution is 0.669. The quantitative estimate of drug-likeness (QED) is 0.160. The average molecular weight is 729 g/mol. The highest BCUT2D eigenvalue weighted by Crippen LogP contribution is 2.42. The number of hydrogen-bond donors (Lipinski definition) is 0. The van der Waals surface area contributed by atoms with Crippen LogP contribution in [0.4, 0.5) is 0 Å². The van der Waals surface area contributed by atoms with E-state index in [1.54, 1.807) is 0 Å². The fourth-order valence-electron chi connectivity index (χ4n) is 7.92. The van der Waals surface area contributed by atoms with E-state index < -0.39 is 0 Å². The molecule has 0 fully saturated rings. The zero-order chi connectivity index (χ0) is 37.7. The van der Waals surface area contributed by atoms with E-state index in [1.165, 1.54) is 10.8 Å². The van der Waals surface area contributed by atoms with Crippen LogP contribution in [0.1, 0.15) is 0 Å². The second-order valence-corrected chi connectivity index (χ2v) is 14.2. The van der Waals surface area contributed by atoms with Gasteiger partial charge in [0.2, 0.25) is 0 Å². The molecule has 0 spiro atoms. The Kier molecular flexibility index (Phi) is 7.74. The van der Waals surface area contributed by atoms with Gasteiger partial charge in [-0.25, -0.2) is 19.9 Å². The van der Waals surface area contributed by atoms with Crippen LogP contribution in [0.3, 0.4) is 0 Å². The van der Waals surface area contributed by atoms with Gasteiger partial charge >= 0.3 is 0 Å². The zero-order valence-corrected chi connectivity index (χ0v) is 30.7. The maximum absolute atomic E-state index is 6.64. The highest BCUT2D eigenvalue weighted by molar-refractivity contribution is 6.27. The summed E-state index contributed by atoms with van der Waals surface area (Å²) in [5.74, 6) is 1.87. The lowest BCUT2D eigenvalue weighted by Gasteiger charge is -2.11. The van der Waals surface area contributed by atoms with Crippen LogP contribution in [0.2, 0.25) is 0 Å². The maximum Gasteiger partial charge on any atom is 0.164 e. The molecule has 0 N–H and O–H groups in total. The number of nitrogens with zero attached hydrogens (tertiary/aromatic N) is 4. The maximum atomic E-state index is 6.64. The van der Waals surface area contributed by atoms with Crippen molar-refractivity contribution in [2.24, 2.45) is 0 Å². The Morgan fingerprint density at radius 3 is 1.56 bits per heavy atom. The molecule has 5 nitrogen and oxygen atoms in total. The van der Waals surface area contributed by atoms with Crippen molar-refractivity contribution in [3.8, 4) is 67.7 Å². The third-order valence-electron chi connectivity index (χ3n) is 10.7. The highest BCUT2D eigenvalue weighted by atomic mass is 16.3. The molecular formula is C52H32N4O. The van der Waals surface area contributed by atoms with Crippen LogP contribution in [0.5, 0.6) is 0 Å². The monoisotopic (exact) mass is 728 g/mol. The summed E-state index contributed by atoms with van der Waals surface area (Å²) >= 11 is 0. The summed E-state index contributed by atoms with van der Waals surface area (Å²) in [6.45, 7) is 0. The molecule has 8 aromatic carbocycles. The lowest BCUT2D eigenvalue weighted by atomic mass is 9.97. The fraction of sp³-hybridized carbons (Fsp3) is 0. The number of pyridine rings is 1. The molecule has 0 aliphatic rings. The minimum absolute atomic E-state index is 0.615. The van der Waals surface area contributed by atoms with E-state index in [0.29, 0.717) is 17.5 Å². The van der Waals surface area contributed by atoms with Crippen molar-refractivity contribution in [1.29, 1.82) is 0 Å². The normalized spacial score (nSPS) is 11.5. The molecule has 3 heterocycles. The van der Waals surface area contributed by atoms with E-state index >= 15 is 0 Å². The van der Waals surface area contributed by atoms with Gasteiger partial charge in [-0.15, -0.1) is 0 Å². The molecule has 0 amide bonds.